The number of Topliss-reactive ketones (excluding diaryl/α,β-unsaturated/α-hetero) is 1. The van der Waals surface area contributed by atoms with Crippen LogP contribution in [0, 0.1) is 0 Å². The molecule has 4 nitrogen and oxygen atoms in total. The number of halogens is 3. The minimum Gasteiger partial charge on any atom is -0.490 e. The van der Waals surface area contributed by atoms with Gasteiger partial charge in [-0.25, -0.2) is 0 Å². The molecule has 1 aromatic rings. The monoisotopic (exact) mass is 288 g/mol. The maximum absolute atomic E-state index is 12.5. The van der Waals surface area contributed by atoms with Gasteiger partial charge in [0.05, 0.1) is 11.8 Å². The SMILES string of the molecule is C[C@H]1CC(=O)C[C@@H](COc2cncc(C(F)(F)F)c2)N1. The molecule has 110 valence electrons. The molecule has 0 aromatic carbocycles. The molecule has 1 fully saturated rings. The first-order valence-corrected chi connectivity index (χ1v) is 6.27. The van der Waals surface area contributed by atoms with E-state index in [-0.39, 0.29) is 30.2 Å². The Balaban J connectivity index is 1.95. The third-order valence-electron chi connectivity index (χ3n) is 3.02. The van der Waals surface area contributed by atoms with Gasteiger partial charge in [0.1, 0.15) is 18.1 Å². The normalized spacial score (nSPS) is 23.7. The van der Waals surface area contributed by atoms with Gasteiger partial charge in [0.15, 0.2) is 0 Å². The molecule has 1 aromatic heterocycles. The van der Waals surface area contributed by atoms with Crippen molar-refractivity contribution in [3.8, 4) is 5.75 Å². The second-order valence-electron chi connectivity index (χ2n) is 4.93. The summed E-state index contributed by atoms with van der Waals surface area (Å²) in [6.45, 7) is 2.02. The first-order valence-electron chi connectivity index (χ1n) is 6.27. The van der Waals surface area contributed by atoms with Gasteiger partial charge in [-0.05, 0) is 13.0 Å². The Kier molecular flexibility index (Phi) is 4.27. The molecular formula is C13H15F3N2O2. The number of ether oxygens (including phenoxy) is 1. The Hall–Kier alpha value is -1.63. The lowest BCUT2D eigenvalue weighted by molar-refractivity contribution is -0.138. The quantitative estimate of drug-likeness (QED) is 0.926. The standard InChI is InChI=1S/C13H15F3N2O2/c1-8-2-11(19)4-10(18-8)7-20-12-3-9(5-17-6-12)13(14,15)16/h3,5-6,8,10,18H,2,4,7H2,1H3/t8-,10-/m0/s1. The number of alkyl halides is 3. The molecule has 0 unspecified atom stereocenters. The Bertz CT molecular complexity index is 491. The third kappa shape index (κ3) is 3.93. The highest BCUT2D eigenvalue weighted by Gasteiger charge is 2.31. The summed E-state index contributed by atoms with van der Waals surface area (Å²) in [4.78, 5) is 14.9. The Morgan fingerprint density at radius 3 is 2.80 bits per heavy atom. The molecule has 1 aliphatic heterocycles. The van der Waals surface area contributed by atoms with Gasteiger partial charge >= 0.3 is 6.18 Å². The average molecular weight is 288 g/mol. The number of carbonyl (C=O) groups is 1. The van der Waals surface area contributed by atoms with Gasteiger partial charge in [-0.1, -0.05) is 0 Å². The predicted molar refractivity (Wildman–Crippen MR) is 65.4 cm³/mol. The molecule has 20 heavy (non-hydrogen) atoms. The number of rotatable bonds is 3. The lowest BCUT2D eigenvalue weighted by atomic mass is 9.99. The highest BCUT2D eigenvalue weighted by Crippen LogP contribution is 2.30. The number of nitrogens with zero attached hydrogens (tertiary/aromatic N) is 1. The maximum atomic E-state index is 12.5. The van der Waals surface area contributed by atoms with Crippen molar-refractivity contribution in [3.63, 3.8) is 0 Å². The van der Waals surface area contributed by atoms with Crippen LogP contribution in [0.1, 0.15) is 25.3 Å². The molecule has 0 spiro atoms. The van der Waals surface area contributed by atoms with E-state index in [1.54, 1.807) is 0 Å². The number of nitrogens with one attached hydrogen (secondary N) is 1. The maximum Gasteiger partial charge on any atom is 0.418 e. The molecule has 2 atom stereocenters. The second kappa shape index (κ2) is 5.78. The molecule has 0 bridgehead atoms. The molecule has 1 N–H and O–H groups in total. The van der Waals surface area contributed by atoms with Crippen LogP contribution >= 0.6 is 0 Å². The number of piperidine rings is 1. The molecule has 2 rings (SSSR count). The van der Waals surface area contributed by atoms with Crippen LogP contribution in [0.15, 0.2) is 18.5 Å². The smallest absolute Gasteiger partial charge is 0.418 e. The van der Waals surface area contributed by atoms with Crippen molar-refractivity contribution in [2.24, 2.45) is 0 Å². The number of pyridine rings is 1. The Morgan fingerprint density at radius 1 is 1.40 bits per heavy atom. The summed E-state index contributed by atoms with van der Waals surface area (Å²) in [7, 11) is 0. The fraction of sp³-hybridized carbons (Fsp3) is 0.538. The molecule has 1 saturated heterocycles. The highest BCUT2D eigenvalue weighted by atomic mass is 19.4. The van der Waals surface area contributed by atoms with Crippen LogP contribution in [0.4, 0.5) is 13.2 Å². The van der Waals surface area contributed by atoms with Gasteiger partial charge < -0.3 is 10.1 Å². The largest absolute Gasteiger partial charge is 0.490 e. The third-order valence-corrected chi connectivity index (χ3v) is 3.02. The van der Waals surface area contributed by atoms with Crippen molar-refractivity contribution in [2.75, 3.05) is 6.61 Å². The average Bonchev–Trinajstić information content (AvgIpc) is 2.35. The van der Waals surface area contributed by atoms with Gasteiger partial charge in [-0.2, -0.15) is 13.2 Å². The number of ketones is 1. The van der Waals surface area contributed by atoms with Crippen molar-refractivity contribution >= 4 is 5.78 Å². The van der Waals surface area contributed by atoms with Gasteiger partial charge in [0.25, 0.3) is 0 Å². The summed E-state index contributed by atoms with van der Waals surface area (Å²) in [5.41, 5.74) is -0.851. The zero-order valence-corrected chi connectivity index (χ0v) is 10.9. The summed E-state index contributed by atoms with van der Waals surface area (Å²) >= 11 is 0. The summed E-state index contributed by atoms with van der Waals surface area (Å²) in [5.74, 6) is 0.180. The topological polar surface area (TPSA) is 51.2 Å². The van der Waals surface area contributed by atoms with Crippen LogP contribution in [0.25, 0.3) is 0 Å². The number of hydrogen-bond acceptors (Lipinski definition) is 4. The number of aromatic nitrogens is 1. The molecule has 7 heteroatoms. The molecule has 0 radical (unpaired) electrons. The summed E-state index contributed by atoms with van der Waals surface area (Å²) < 4.78 is 42.8. The van der Waals surface area contributed by atoms with E-state index in [4.69, 9.17) is 4.74 Å². The van der Waals surface area contributed by atoms with E-state index < -0.39 is 11.7 Å². The van der Waals surface area contributed by atoms with Gasteiger partial charge in [0, 0.05) is 31.1 Å². The summed E-state index contributed by atoms with van der Waals surface area (Å²) in [6, 6.07) is 0.784. The van der Waals surface area contributed by atoms with Crippen molar-refractivity contribution in [2.45, 2.75) is 38.0 Å². The van der Waals surface area contributed by atoms with Crippen LogP contribution in [-0.4, -0.2) is 29.5 Å². The molecule has 0 saturated carbocycles. The van der Waals surface area contributed by atoms with Crippen LogP contribution in [0.2, 0.25) is 0 Å². The van der Waals surface area contributed by atoms with Crippen molar-refractivity contribution < 1.29 is 22.7 Å². The number of hydrogen-bond donors (Lipinski definition) is 1. The first kappa shape index (κ1) is 14.8. The van der Waals surface area contributed by atoms with Crippen molar-refractivity contribution in [1.82, 2.24) is 10.3 Å². The molecule has 2 heterocycles. The summed E-state index contributed by atoms with van der Waals surface area (Å²) in [6.07, 6.45) is -1.67. The van der Waals surface area contributed by atoms with Crippen molar-refractivity contribution in [3.05, 3.63) is 24.0 Å². The van der Waals surface area contributed by atoms with E-state index in [2.05, 4.69) is 10.3 Å². The second-order valence-corrected chi connectivity index (χ2v) is 4.93. The predicted octanol–water partition coefficient (Wildman–Crippen LogP) is 2.19. The van der Waals surface area contributed by atoms with Crippen LogP contribution in [-0.2, 0) is 11.0 Å². The van der Waals surface area contributed by atoms with Crippen LogP contribution < -0.4 is 10.1 Å². The Labute approximate surface area is 114 Å². The van der Waals surface area contributed by atoms with Crippen LogP contribution in [0.5, 0.6) is 5.75 Å². The lowest BCUT2D eigenvalue weighted by Crippen LogP contribution is -2.47. The Morgan fingerprint density at radius 2 is 2.15 bits per heavy atom. The van der Waals surface area contributed by atoms with E-state index >= 15 is 0 Å². The molecule has 0 amide bonds. The first-order chi connectivity index (χ1) is 9.34. The molecular weight excluding hydrogens is 273 g/mol. The summed E-state index contributed by atoms with van der Waals surface area (Å²) in [5, 5.41) is 3.17. The zero-order chi connectivity index (χ0) is 14.8. The fourth-order valence-electron chi connectivity index (χ4n) is 2.18. The molecule has 1 aliphatic rings. The zero-order valence-electron chi connectivity index (χ0n) is 10.9. The van der Waals surface area contributed by atoms with Gasteiger partial charge in [-0.3, -0.25) is 9.78 Å². The fourth-order valence-corrected chi connectivity index (χ4v) is 2.18. The van der Waals surface area contributed by atoms with E-state index in [1.165, 1.54) is 6.20 Å². The highest BCUT2D eigenvalue weighted by molar-refractivity contribution is 5.80. The van der Waals surface area contributed by atoms with E-state index in [9.17, 15) is 18.0 Å². The van der Waals surface area contributed by atoms with Crippen LogP contribution in [0.3, 0.4) is 0 Å². The minimum atomic E-state index is -4.44. The van der Waals surface area contributed by atoms with Crippen molar-refractivity contribution in [1.29, 1.82) is 0 Å². The lowest BCUT2D eigenvalue weighted by Gasteiger charge is -2.27. The number of carbonyl (C=O) groups excluding carboxylic acids is 1. The minimum absolute atomic E-state index is 0.0484. The van der Waals surface area contributed by atoms with E-state index in [0.29, 0.717) is 12.8 Å². The molecule has 0 aliphatic carbocycles. The van der Waals surface area contributed by atoms with Gasteiger partial charge in [-0.15, -0.1) is 0 Å². The van der Waals surface area contributed by atoms with E-state index in [0.717, 1.165) is 12.3 Å². The van der Waals surface area contributed by atoms with Gasteiger partial charge in [0.2, 0.25) is 0 Å². The van der Waals surface area contributed by atoms with E-state index in [1.807, 2.05) is 6.92 Å².